The number of aryl methyl sites for hydroxylation is 1. The number of rotatable bonds is 5. The van der Waals surface area contributed by atoms with Crippen molar-refractivity contribution in [1.29, 1.82) is 0 Å². The van der Waals surface area contributed by atoms with Gasteiger partial charge in [0.25, 0.3) is 0 Å². The van der Waals surface area contributed by atoms with Crippen molar-refractivity contribution in [2.24, 2.45) is 0 Å². The van der Waals surface area contributed by atoms with Gasteiger partial charge >= 0.3 is 0 Å². The molecule has 112 valence electrons. The van der Waals surface area contributed by atoms with Crippen molar-refractivity contribution in [3.63, 3.8) is 0 Å². The van der Waals surface area contributed by atoms with Gasteiger partial charge in [-0.15, -0.1) is 10.2 Å². The lowest BCUT2D eigenvalue weighted by Crippen LogP contribution is -2.47. The average molecular weight is 286 g/mol. The van der Waals surface area contributed by atoms with Crippen LogP contribution in [0.15, 0.2) is 30.3 Å². The fourth-order valence-electron chi connectivity index (χ4n) is 2.64. The Bertz CT molecular complexity index is 544. The van der Waals surface area contributed by atoms with Gasteiger partial charge in [-0.25, -0.2) is 0 Å². The van der Waals surface area contributed by atoms with Crippen LogP contribution in [0.1, 0.15) is 12.7 Å². The Balaban J connectivity index is 1.45. The third kappa shape index (κ3) is 3.58. The molecule has 1 aliphatic heterocycles. The van der Waals surface area contributed by atoms with Gasteiger partial charge < -0.3 is 4.90 Å². The predicted octanol–water partition coefficient (Wildman–Crippen LogP) is 1.06. The molecule has 0 spiro atoms. The smallest absolute Gasteiger partial charge is 0.176 e. The maximum Gasteiger partial charge on any atom is 0.176 e. The molecule has 21 heavy (non-hydrogen) atoms. The van der Waals surface area contributed by atoms with E-state index in [1.165, 1.54) is 5.69 Å². The van der Waals surface area contributed by atoms with E-state index in [1.807, 2.05) is 6.92 Å². The lowest BCUT2D eigenvalue weighted by Gasteiger charge is -2.35. The van der Waals surface area contributed by atoms with Gasteiger partial charge in [0.1, 0.15) is 0 Å². The van der Waals surface area contributed by atoms with Crippen molar-refractivity contribution in [3.05, 3.63) is 36.2 Å². The highest BCUT2D eigenvalue weighted by molar-refractivity contribution is 5.46. The largest absolute Gasteiger partial charge is 0.369 e. The molecule has 0 bridgehead atoms. The predicted molar refractivity (Wildman–Crippen MR) is 82.3 cm³/mol. The molecule has 1 aromatic heterocycles. The Morgan fingerprint density at radius 1 is 1.05 bits per heavy atom. The molecule has 1 saturated heterocycles. The molecule has 1 fully saturated rings. The van der Waals surface area contributed by atoms with Crippen LogP contribution in [0.25, 0.3) is 0 Å². The summed E-state index contributed by atoms with van der Waals surface area (Å²) in [5.74, 6) is 0.849. The van der Waals surface area contributed by atoms with Crippen LogP contribution in [0, 0.1) is 0 Å². The minimum absolute atomic E-state index is 0.781. The van der Waals surface area contributed by atoms with Crippen LogP contribution in [-0.2, 0) is 13.0 Å². The van der Waals surface area contributed by atoms with E-state index in [-0.39, 0.29) is 0 Å². The average Bonchev–Trinajstić information content (AvgIpc) is 3.02. The van der Waals surface area contributed by atoms with Crippen molar-refractivity contribution < 1.29 is 0 Å². The van der Waals surface area contributed by atoms with Crippen molar-refractivity contribution in [1.82, 2.24) is 25.1 Å². The van der Waals surface area contributed by atoms with E-state index in [9.17, 15) is 0 Å². The maximum absolute atomic E-state index is 4.33. The Kier molecular flexibility index (Phi) is 4.45. The van der Waals surface area contributed by atoms with Crippen molar-refractivity contribution in [3.8, 4) is 0 Å². The number of aromatic nitrogens is 4. The van der Waals surface area contributed by atoms with E-state index in [4.69, 9.17) is 0 Å². The Labute approximate surface area is 125 Å². The van der Waals surface area contributed by atoms with Crippen LogP contribution < -0.4 is 4.90 Å². The summed E-state index contributed by atoms with van der Waals surface area (Å²) in [5.41, 5.74) is 1.32. The molecule has 0 unspecified atom stereocenters. The summed E-state index contributed by atoms with van der Waals surface area (Å²) in [6, 6.07) is 10.6. The molecule has 0 amide bonds. The number of benzene rings is 1. The molecule has 0 aliphatic carbocycles. The number of tetrazole rings is 1. The molecular weight excluding hydrogens is 264 g/mol. The van der Waals surface area contributed by atoms with Crippen LogP contribution in [0.4, 0.5) is 5.69 Å². The second kappa shape index (κ2) is 6.67. The summed E-state index contributed by atoms with van der Waals surface area (Å²) in [4.78, 5) is 6.57. The Morgan fingerprint density at radius 2 is 1.81 bits per heavy atom. The number of hydrogen-bond donors (Lipinski definition) is 0. The van der Waals surface area contributed by atoms with Crippen molar-refractivity contribution >= 4 is 5.69 Å². The lowest BCUT2D eigenvalue weighted by atomic mass is 10.2. The number of para-hydroxylation sites is 1. The van der Waals surface area contributed by atoms with E-state index in [2.05, 4.69) is 55.5 Å². The van der Waals surface area contributed by atoms with Gasteiger partial charge in [-0.2, -0.15) is 4.80 Å². The SMILES string of the molecule is CCn1nnc(CCN2CCN(c3ccccc3)CC2)n1. The van der Waals surface area contributed by atoms with Gasteiger partial charge in [-0.05, 0) is 24.3 Å². The van der Waals surface area contributed by atoms with Crippen LogP contribution in [0.2, 0.25) is 0 Å². The van der Waals surface area contributed by atoms with Crippen LogP contribution in [-0.4, -0.2) is 57.8 Å². The van der Waals surface area contributed by atoms with Gasteiger partial charge in [0.05, 0.1) is 6.54 Å². The van der Waals surface area contributed by atoms with Crippen molar-refractivity contribution in [2.75, 3.05) is 37.6 Å². The second-order valence-corrected chi connectivity index (χ2v) is 5.31. The van der Waals surface area contributed by atoms with Gasteiger partial charge in [0.2, 0.25) is 0 Å². The van der Waals surface area contributed by atoms with E-state index in [0.29, 0.717) is 0 Å². The first-order valence-electron chi connectivity index (χ1n) is 7.64. The summed E-state index contributed by atoms with van der Waals surface area (Å²) in [6.45, 7) is 8.17. The lowest BCUT2D eigenvalue weighted by molar-refractivity contribution is 0.259. The van der Waals surface area contributed by atoms with Crippen LogP contribution in [0.3, 0.4) is 0 Å². The van der Waals surface area contributed by atoms with E-state index >= 15 is 0 Å². The van der Waals surface area contributed by atoms with E-state index < -0.39 is 0 Å². The molecule has 0 radical (unpaired) electrons. The summed E-state index contributed by atoms with van der Waals surface area (Å²) in [7, 11) is 0. The topological polar surface area (TPSA) is 50.1 Å². The summed E-state index contributed by atoms with van der Waals surface area (Å²) in [5, 5.41) is 12.4. The van der Waals surface area contributed by atoms with Crippen molar-refractivity contribution in [2.45, 2.75) is 19.9 Å². The molecule has 6 nitrogen and oxygen atoms in total. The quantitative estimate of drug-likeness (QED) is 0.822. The molecule has 2 aromatic rings. The minimum atomic E-state index is 0.781. The highest BCUT2D eigenvalue weighted by Crippen LogP contribution is 2.15. The third-order valence-corrected chi connectivity index (χ3v) is 3.92. The molecule has 2 heterocycles. The molecule has 6 heteroatoms. The zero-order valence-electron chi connectivity index (χ0n) is 12.5. The van der Waals surface area contributed by atoms with Crippen LogP contribution in [0.5, 0.6) is 0 Å². The standard InChI is InChI=1S/C15H22N6/c1-2-21-17-15(16-18-21)8-9-19-10-12-20(13-11-19)14-6-4-3-5-7-14/h3-7H,2,8-13H2,1H3. The summed E-state index contributed by atoms with van der Waals surface area (Å²) in [6.07, 6.45) is 0.880. The summed E-state index contributed by atoms with van der Waals surface area (Å²) < 4.78 is 0. The first kappa shape index (κ1) is 14.0. The molecule has 1 aromatic carbocycles. The zero-order chi connectivity index (χ0) is 14.5. The zero-order valence-corrected chi connectivity index (χ0v) is 12.5. The van der Waals surface area contributed by atoms with Crippen LogP contribution >= 0.6 is 0 Å². The molecule has 0 saturated carbocycles. The maximum atomic E-state index is 4.33. The normalized spacial score (nSPS) is 16.3. The highest BCUT2D eigenvalue weighted by Gasteiger charge is 2.17. The summed E-state index contributed by atoms with van der Waals surface area (Å²) >= 11 is 0. The van der Waals surface area contributed by atoms with Gasteiger partial charge in [-0.3, -0.25) is 4.90 Å². The fourth-order valence-corrected chi connectivity index (χ4v) is 2.64. The van der Waals surface area contributed by atoms with Gasteiger partial charge in [-0.1, -0.05) is 18.2 Å². The molecule has 0 atom stereocenters. The third-order valence-electron chi connectivity index (χ3n) is 3.92. The Hall–Kier alpha value is -1.95. The molecule has 1 aliphatic rings. The Morgan fingerprint density at radius 3 is 2.48 bits per heavy atom. The van der Waals surface area contributed by atoms with E-state index in [1.54, 1.807) is 4.80 Å². The minimum Gasteiger partial charge on any atom is -0.369 e. The number of piperazine rings is 1. The first-order chi connectivity index (χ1) is 10.3. The second-order valence-electron chi connectivity index (χ2n) is 5.31. The molecule has 0 N–H and O–H groups in total. The van der Waals surface area contributed by atoms with Gasteiger partial charge in [0, 0.05) is 44.8 Å². The van der Waals surface area contributed by atoms with E-state index in [0.717, 1.165) is 51.5 Å². The number of hydrogen-bond acceptors (Lipinski definition) is 5. The van der Waals surface area contributed by atoms with Gasteiger partial charge in [0.15, 0.2) is 5.82 Å². The first-order valence-corrected chi connectivity index (χ1v) is 7.64. The molecular formula is C15H22N6. The number of anilines is 1. The number of nitrogens with zero attached hydrogens (tertiary/aromatic N) is 6. The monoisotopic (exact) mass is 286 g/mol. The molecule has 3 rings (SSSR count). The fraction of sp³-hybridized carbons (Fsp3) is 0.533. The highest BCUT2D eigenvalue weighted by atomic mass is 15.6.